The van der Waals surface area contributed by atoms with Crippen molar-refractivity contribution in [3.8, 4) is 0 Å². The lowest BCUT2D eigenvalue weighted by Gasteiger charge is -2.07. The highest BCUT2D eigenvalue weighted by Gasteiger charge is 2.12. The maximum absolute atomic E-state index is 10.9. The van der Waals surface area contributed by atoms with Crippen LogP contribution < -0.4 is 10.7 Å². The van der Waals surface area contributed by atoms with E-state index in [1.165, 1.54) is 36.5 Å². The first-order chi connectivity index (χ1) is 11.5. The smallest absolute Gasteiger partial charge is 0.292 e. The zero-order valence-electron chi connectivity index (χ0n) is 12.1. The molecule has 0 spiro atoms. The minimum Gasteiger partial charge on any atom is -0.326 e. The van der Waals surface area contributed by atoms with Gasteiger partial charge in [0, 0.05) is 23.8 Å². The first-order valence-corrected chi connectivity index (χ1v) is 6.96. The van der Waals surface area contributed by atoms with Crippen LogP contribution in [0.5, 0.6) is 0 Å². The Balaban J connectivity index is 2.00. The standard InChI is InChI=1S/C14H11N5O4S/c20-18(21)11-5-3-4-10(8-11)9-15-17-14(24)16-12-6-1-2-7-13(12)19(22)23/h1-9H,(H2,16,17,24)/b15-9-. The second kappa shape index (κ2) is 7.74. The van der Waals surface area contributed by atoms with E-state index in [1.807, 2.05) is 0 Å². The van der Waals surface area contributed by atoms with Gasteiger partial charge in [0.25, 0.3) is 11.4 Å². The van der Waals surface area contributed by atoms with Gasteiger partial charge in [0.1, 0.15) is 5.69 Å². The summed E-state index contributed by atoms with van der Waals surface area (Å²) in [6.45, 7) is 0. The van der Waals surface area contributed by atoms with E-state index in [9.17, 15) is 20.2 Å². The minimum atomic E-state index is -0.530. The lowest BCUT2D eigenvalue weighted by atomic mass is 10.2. The van der Waals surface area contributed by atoms with Crippen LogP contribution >= 0.6 is 12.2 Å². The number of benzene rings is 2. The monoisotopic (exact) mass is 345 g/mol. The molecule has 0 saturated heterocycles. The maximum atomic E-state index is 10.9. The third kappa shape index (κ3) is 4.55. The number of hydrazone groups is 1. The Morgan fingerprint density at radius 1 is 1.08 bits per heavy atom. The molecule has 2 aromatic rings. The predicted molar refractivity (Wildman–Crippen MR) is 93.1 cm³/mol. The van der Waals surface area contributed by atoms with E-state index in [0.29, 0.717) is 5.56 Å². The Bertz CT molecular complexity index is 824. The van der Waals surface area contributed by atoms with Gasteiger partial charge in [-0.15, -0.1) is 0 Å². The van der Waals surface area contributed by atoms with Crippen LogP contribution in [-0.2, 0) is 0 Å². The average molecular weight is 345 g/mol. The van der Waals surface area contributed by atoms with Gasteiger partial charge in [0.15, 0.2) is 5.11 Å². The van der Waals surface area contributed by atoms with E-state index in [4.69, 9.17) is 12.2 Å². The number of nitrogens with zero attached hydrogens (tertiary/aromatic N) is 3. The van der Waals surface area contributed by atoms with Gasteiger partial charge in [-0.1, -0.05) is 24.3 Å². The fourth-order valence-corrected chi connectivity index (χ4v) is 1.94. The summed E-state index contributed by atoms with van der Waals surface area (Å²) in [4.78, 5) is 20.6. The Hall–Kier alpha value is -3.40. The van der Waals surface area contributed by atoms with Crippen LogP contribution in [0, 0.1) is 20.2 Å². The molecule has 2 aromatic carbocycles. The molecule has 0 amide bonds. The van der Waals surface area contributed by atoms with Crippen molar-refractivity contribution in [2.45, 2.75) is 0 Å². The summed E-state index contributed by atoms with van der Waals surface area (Å²) in [5.41, 5.74) is 3.05. The van der Waals surface area contributed by atoms with Gasteiger partial charge < -0.3 is 5.32 Å². The molecule has 2 N–H and O–H groups in total. The van der Waals surface area contributed by atoms with Crippen molar-refractivity contribution in [1.29, 1.82) is 0 Å². The number of rotatable bonds is 5. The number of nitro groups is 2. The molecule has 0 fully saturated rings. The third-order valence-corrected chi connectivity index (χ3v) is 3.00. The van der Waals surface area contributed by atoms with Crippen molar-refractivity contribution in [3.05, 3.63) is 74.3 Å². The number of para-hydroxylation sites is 2. The molecule has 0 atom stereocenters. The second-order valence-electron chi connectivity index (χ2n) is 4.45. The van der Waals surface area contributed by atoms with Crippen LogP contribution in [0.25, 0.3) is 0 Å². The maximum Gasteiger partial charge on any atom is 0.292 e. The van der Waals surface area contributed by atoms with Crippen molar-refractivity contribution in [2.24, 2.45) is 5.10 Å². The first kappa shape index (κ1) is 17.0. The predicted octanol–water partition coefficient (Wildman–Crippen LogP) is 2.82. The molecule has 0 bridgehead atoms. The number of thiocarbonyl (C=S) groups is 1. The quantitative estimate of drug-likeness (QED) is 0.370. The molecule has 0 radical (unpaired) electrons. The molecule has 0 aromatic heterocycles. The van der Waals surface area contributed by atoms with Crippen LogP contribution in [0.2, 0.25) is 0 Å². The molecular formula is C14H11N5O4S. The summed E-state index contributed by atoms with van der Waals surface area (Å²) in [6.07, 6.45) is 1.35. The Morgan fingerprint density at radius 2 is 1.83 bits per heavy atom. The molecule has 24 heavy (non-hydrogen) atoms. The summed E-state index contributed by atoms with van der Waals surface area (Å²) < 4.78 is 0. The van der Waals surface area contributed by atoms with Crippen molar-refractivity contribution < 1.29 is 9.85 Å². The van der Waals surface area contributed by atoms with Crippen molar-refractivity contribution >= 4 is 40.6 Å². The Morgan fingerprint density at radius 3 is 2.54 bits per heavy atom. The van der Waals surface area contributed by atoms with Crippen LogP contribution in [0.4, 0.5) is 17.1 Å². The highest BCUT2D eigenvalue weighted by Crippen LogP contribution is 2.22. The van der Waals surface area contributed by atoms with E-state index in [2.05, 4.69) is 15.8 Å². The highest BCUT2D eigenvalue weighted by atomic mass is 32.1. The lowest BCUT2D eigenvalue weighted by Crippen LogP contribution is -2.24. The van der Waals surface area contributed by atoms with Gasteiger partial charge >= 0.3 is 0 Å². The fraction of sp³-hybridized carbons (Fsp3) is 0. The summed E-state index contributed by atoms with van der Waals surface area (Å²) in [6, 6.07) is 11.9. The number of hydrogen-bond acceptors (Lipinski definition) is 6. The number of nitro benzene ring substituents is 2. The first-order valence-electron chi connectivity index (χ1n) is 6.55. The van der Waals surface area contributed by atoms with Gasteiger partial charge in [-0.2, -0.15) is 5.10 Å². The van der Waals surface area contributed by atoms with Gasteiger partial charge in [0.05, 0.1) is 16.1 Å². The molecule has 0 aliphatic carbocycles. The molecule has 10 heteroatoms. The number of hydrogen-bond donors (Lipinski definition) is 2. The van der Waals surface area contributed by atoms with E-state index in [-0.39, 0.29) is 22.2 Å². The molecule has 9 nitrogen and oxygen atoms in total. The van der Waals surface area contributed by atoms with Gasteiger partial charge in [0.2, 0.25) is 0 Å². The SMILES string of the molecule is O=[N+]([O-])c1cccc(/C=N\NC(=S)Nc2ccccc2[N+](=O)[O-])c1. The summed E-state index contributed by atoms with van der Waals surface area (Å²) in [5.74, 6) is 0. The van der Waals surface area contributed by atoms with E-state index in [1.54, 1.807) is 18.2 Å². The summed E-state index contributed by atoms with van der Waals surface area (Å²) >= 11 is 5.00. The molecule has 2 rings (SSSR count). The molecule has 0 heterocycles. The molecule has 0 unspecified atom stereocenters. The van der Waals surface area contributed by atoms with E-state index >= 15 is 0 Å². The molecule has 0 aliphatic heterocycles. The Kier molecular flexibility index (Phi) is 5.47. The second-order valence-corrected chi connectivity index (χ2v) is 4.86. The number of nitrogens with one attached hydrogen (secondary N) is 2. The normalized spacial score (nSPS) is 10.3. The van der Waals surface area contributed by atoms with Gasteiger partial charge in [-0.05, 0) is 18.3 Å². The zero-order chi connectivity index (χ0) is 17.5. The van der Waals surface area contributed by atoms with E-state index in [0.717, 1.165) is 0 Å². The van der Waals surface area contributed by atoms with E-state index < -0.39 is 9.85 Å². The van der Waals surface area contributed by atoms with Gasteiger partial charge in [-0.25, -0.2) is 0 Å². The van der Waals surface area contributed by atoms with Gasteiger partial charge in [-0.3, -0.25) is 25.7 Å². The van der Waals surface area contributed by atoms with Crippen LogP contribution in [0.15, 0.2) is 53.6 Å². The van der Waals surface area contributed by atoms with Crippen molar-refractivity contribution in [2.75, 3.05) is 5.32 Å². The van der Waals surface area contributed by atoms with Crippen molar-refractivity contribution in [3.63, 3.8) is 0 Å². The molecular weight excluding hydrogens is 334 g/mol. The molecule has 0 aliphatic rings. The van der Waals surface area contributed by atoms with Crippen LogP contribution in [0.3, 0.4) is 0 Å². The van der Waals surface area contributed by atoms with Crippen LogP contribution in [-0.4, -0.2) is 21.2 Å². The fourth-order valence-electron chi connectivity index (χ4n) is 1.77. The van der Waals surface area contributed by atoms with Crippen LogP contribution in [0.1, 0.15) is 5.56 Å². The van der Waals surface area contributed by atoms with Crippen molar-refractivity contribution in [1.82, 2.24) is 5.43 Å². The largest absolute Gasteiger partial charge is 0.326 e. The Labute approximate surface area is 141 Å². The molecule has 0 saturated carbocycles. The zero-order valence-corrected chi connectivity index (χ0v) is 12.9. The minimum absolute atomic E-state index is 0.0472. The number of non-ortho nitro benzene ring substituents is 1. The summed E-state index contributed by atoms with van der Waals surface area (Å²) in [7, 11) is 0. The lowest BCUT2D eigenvalue weighted by molar-refractivity contribution is -0.384. The number of anilines is 1. The third-order valence-electron chi connectivity index (χ3n) is 2.81. The molecule has 122 valence electrons. The summed E-state index contributed by atoms with van der Waals surface area (Å²) in [5, 5.41) is 28.1. The topological polar surface area (TPSA) is 123 Å². The highest BCUT2D eigenvalue weighted by molar-refractivity contribution is 7.80. The average Bonchev–Trinajstić information content (AvgIpc) is 2.55.